The molecule has 6 aromatic rings. The van der Waals surface area contributed by atoms with Crippen molar-refractivity contribution in [1.82, 2.24) is 20.9 Å². The Morgan fingerprint density at radius 3 is 0.881 bits per heavy atom. The molecule has 0 spiro atoms. The van der Waals surface area contributed by atoms with Crippen LogP contribution in [0.2, 0.25) is 0 Å². The van der Waals surface area contributed by atoms with Gasteiger partial charge in [0.05, 0.1) is 34.9 Å². The fraction of sp³-hybridized carbons (Fsp3) is 0.154. The predicted molar refractivity (Wildman–Crippen MR) is 215 cm³/mol. The zero-order valence-corrected chi connectivity index (χ0v) is 33.4. The van der Waals surface area contributed by atoms with Gasteiger partial charge in [0, 0.05) is 19.6 Å². The number of amides is 3. The monoisotopic (exact) mass is 947 g/mol. The van der Waals surface area contributed by atoms with Gasteiger partial charge >= 0.3 is 49.4 Å². The molecule has 6 rings (SSSR count). The van der Waals surface area contributed by atoms with E-state index in [4.69, 9.17) is 46.0 Å². The number of fused-ring (bicyclic) bond motifs is 3. The number of nitrogens with one attached hydrogen (secondary N) is 3. The maximum Gasteiger partial charge on any atom is 3.00 e. The number of nitrogens with zero attached hydrogens (tertiary/aromatic N) is 4. The molecule has 0 bridgehead atoms. The molecule has 0 saturated heterocycles. The molecule has 0 heterocycles. The van der Waals surface area contributed by atoms with E-state index in [-0.39, 0.29) is 86.7 Å². The maximum atomic E-state index is 13.2. The van der Waals surface area contributed by atoms with E-state index in [9.17, 15) is 14.4 Å². The summed E-state index contributed by atoms with van der Waals surface area (Å²) in [5, 5.41) is 59.7. The molecular formula is C39H36EuN7O12. The molecule has 0 atom stereocenters. The van der Waals surface area contributed by atoms with E-state index in [1.165, 1.54) is 0 Å². The van der Waals surface area contributed by atoms with Crippen molar-refractivity contribution in [2.75, 3.05) is 19.6 Å². The number of hydrogen-bond donors (Lipinski definition) is 3. The molecule has 0 fully saturated rings. The summed E-state index contributed by atoms with van der Waals surface area (Å²) in [5.41, 5.74) is 3.00. The third-order valence-electron chi connectivity index (χ3n) is 8.17. The van der Waals surface area contributed by atoms with Gasteiger partial charge in [0.25, 0.3) is 0 Å². The van der Waals surface area contributed by atoms with E-state index in [1.54, 1.807) is 4.90 Å². The molecule has 3 N–H and O–H groups in total. The summed E-state index contributed by atoms with van der Waals surface area (Å²) in [7, 11) is 0. The summed E-state index contributed by atoms with van der Waals surface area (Å²) < 4.78 is 0. The summed E-state index contributed by atoms with van der Waals surface area (Å²) in [4.78, 5) is 65.8. The number of rotatable bonds is 12. The van der Waals surface area contributed by atoms with E-state index >= 15 is 0 Å². The van der Waals surface area contributed by atoms with Gasteiger partial charge in [-0.1, -0.05) is 127 Å². The van der Waals surface area contributed by atoms with Gasteiger partial charge in [0.2, 0.25) is 17.7 Å². The summed E-state index contributed by atoms with van der Waals surface area (Å²) >= 11 is 0. The molecule has 0 radical (unpaired) electrons. The average molecular weight is 947 g/mol. The summed E-state index contributed by atoms with van der Waals surface area (Å²) in [6.07, 6.45) is 0. The normalized spacial score (nSPS) is 9.92. The number of benzene rings is 6. The minimum atomic E-state index is -1.75. The van der Waals surface area contributed by atoms with Crippen molar-refractivity contribution in [2.45, 2.75) is 19.6 Å². The zero-order chi connectivity index (χ0) is 42.5. The van der Waals surface area contributed by atoms with Crippen LogP contribution in [-0.4, -0.2) is 57.5 Å². The van der Waals surface area contributed by atoms with Crippen molar-refractivity contribution in [3.8, 4) is 0 Å². The first-order valence-electron chi connectivity index (χ1n) is 17.1. The molecule has 6 aromatic carbocycles. The molecule has 0 aliphatic carbocycles. The summed E-state index contributed by atoms with van der Waals surface area (Å²) in [6, 6.07) is 42.1. The van der Waals surface area contributed by atoms with Crippen molar-refractivity contribution < 1.29 is 79.0 Å². The zero-order valence-electron chi connectivity index (χ0n) is 30.9. The van der Waals surface area contributed by atoms with Crippen molar-refractivity contribution in [3.63, 3.8) is 0 Å². The van der Waals surface area contributed by atoms with Crippen LogP contribution in [-0.2, 0) is 34.0 Å². The van der Waals surface area contributed by atoms with Crippen molar-refractivity contribution in [3.05, 3.63) is 190 Å². The van der Waals surface area contributed by atoms with Crippen molar-refractivity contribution in [1.29, 1.82) is 0 Å². The van der Waals surface area contributed by atoms with Gasteiger partial charge in [-0.2, -0.15) is 0 Å². The van der Waals surface area contributed by atoms with Crippen molar-refractivity contribution >= 4 is 50.0 Å². The molecule has 0 unspecified atom stereocenters. The quantitative estimate of drug-likeness (QED) is 0.108. The number of hydrogen-bond acceptors (Lipinski definition) is 13. The molecule has 3 amide bonds. The molecule has 0 saturated carbocycles. The Kier molecular flexibility index (Phi) is 21.4. The Balaban J connectivity index is 0.000000817. The maximum absolute atomic E-state index is 13.2. The van der Waals surface area contributed by atoms with E-state index < -0.39 is 15.3 Å². The fourth-order valence-corrected chi connectivity index (χ4v) is 5.87. The Bertz CT molecular complexity index is 2080. The van der Waals surface area contributed by atoms with E-state index in [0.29, 0.717) is 19.6 Å². The van der Waals surface area contributed by atoms with Crippen LogP contribution in [0.25, 0.3) is 32.3 Å². The molecule has 19 nitrogen and oxygen atoms in total. The van der Waals surface area contributed by atoms with Crippen LogP contribution in [0.3, 0.4) is 0 Å². The SMILES string of the molecule is O=C(CN(CC(=O)NCc1cccc2ccccc12)CC(=O)NCc1cccc2ccccc12)NCc1cccc2ccccc12.O=[N+]([O-])[O-].O=[N+]([O-])[O-].O=[N+]([O-])[O-].[Eu+3]. The standard InChI is InChI=1S/C39H36N4O3.Eu.3NO3/c44-37(40-22-31-16-7-13-28-10-1-4-19-34(28)31)25-43(26-38(45)41-23-32-17-8-14-29-11-2-5-20-35(29)32)27-39(46)42-24-33-18-9-15-30-12-3-6-21-36(30)33;;3*2-1(3)4/h1-21H,22-27H2,(H,40,44)(H,41,45)(H,42,46);;;;/q;+3;3*-1. The summed E-state index contributed by atoms with van der Waals surface area (Å²) in [6.45, 7) is 0.716. The van der Waals surface area contributed by atoms with Crippen LogP contribution in [0.1, 0.15) is 16.7 Å². The van der Waals surface area contributed by atoms with Gasteiger partial charge in [-0.25, -0.2) is 0 Å². The molecule has 0 aliphatic heterocycles. The minimum absolute atomic E-state index is 0. The van der Waals surface area contributed by atoms with Crippen LogP contribution in [0.5, 0.6) is 0 Å². The minimum Gasteiger partial charge on any atom is -0.356 e. The first-order valence-corrected chi connectivity index (χ1v) is 17.1. The Labute approximate surface area is 376 Å². The predicted octanol–water partition coefficient (Wildman–Crippen LogP) is 4.98. The Morgan fingerprint density at radius 2 is 0.627 bits per heavy atom. The van der Waals surface area contributed by atoms with Gasteiger partial charge in [-0.05, 0) is 49.0 Å². The number of carbonyl (C=O) groups excluding carboxylic acids is 3. The topological polar surface area (TPSA) is 289 Å². The van der Waals surface area contributed by atoms with Gasteiger partial charge in [-0.15, -0.1) is 0 Å². The molecule has 306 valence electrons. The van der Waals surface area contributed by atoms with Crippen LogP contribution >= 0.6 is 0 Å². The molecule has 20 heteroatoms. The largest absolute Gasteiger partial charge is 3.00 e. The molecule has 59 heavy (non-hydrogen) atoms. The molecular weight excluding hydrogens is 910 g/mol. The van der Waals surface area contributed by atoms with E-state index in [0.717, 1.165) is 49.0 Å². The van der Waals surface area contributed by atoms with Crippen LogP contribution in [0, 0.1) is 95.3 Å². The van der Waals surface area contributed by atoms with Gasteiger partial charge in [0.15, 0.2) is 0 Å². The first kappa shape index (κ1) is 48.8. The second kappa shape index (κ2) is 25.8. The second-order valence-corrected chi connectivity index (χ2v) is 12.1. The van der Waals surface area contributed by atoms with Gasteiger partial charge in [-0.3, -0.25) is 19.3 Å². The van der Waals surface area contributed by atoms with Crippen LogP contribution in [0.4, 0.5) is 0 Å². The van der Waals surface area contributed by atoms with Gasteiger partial charge in [0.1, 0.15) is 0 Å². The molecule has 0 aromatic heterocycles. The van der Waals surface area contributed by atoms with E-state index in [2.05, 4.69) is 16.0 Å². The fourth-order valence-electron chi connectivity index (χ4n) is 5.87. The average Bonchev–Trinajstić information content (AvgIpc) is 3.17. The first-order chi connectivity index (χ1) is 27.7. The van der Waals surface area contributed by atoms with Crippen LogP contribution < -0.4 is 16.0 Å². The molecule has 0 aliphatic rings. The third-order valence-corrected chi connectivity index (χ3v) is 8.17. The van der Waals surface area contributed by atoms with Crippen LogP contribution in [0.15, 0.2) is 127 Å². The van der Waals surface area contributed by atoms with Crippen molar-refractivity contribution in [2.24, 2.45) is 0 Å². The third kappa shape index (κ3) is 18.2. The summed E-state index contributed by atoms with van der Waals surface area (Å²) in [5.74, 6) is -0.801. The number of carbonyl (C=O) groups is 3. The Hall–Kier alpha value is -6.35. The smallest absolute Gasteiger partial charge is 0.356 e. The Morgan fingerprint density at radius 1 is 0.407 bits per heavy atom. The van der Waals surface area contributed by atoms with Gasteiger partial charge < -0.3 is 61.9 Å². The van der Waals surface area contributed by atoms with E-state index in [1.807, 2.05) is 127 Å². The second-order valence-electron chi connectivity index (χ2n) is 12.1.